The second-order valence-electron chi connectivity index (χ2n) is 8.40. The van der Waals surface area contributed by atoms with Crippen LogP contribution >= 0.6 is 11.6 Å². The summed E-state index contributed by atoms with van der Waals surface area (Å²) in [5.74, 6) is 0.566. The highest BCUT2D eigenvalue weighted by atomic mass is 35.5. The Bertz CT molecular complexity index is 720. The Morgan fingerprint density at radius 2 is 1.90 bits per heavy atom. The minimum absolute atomic E-state index is 0.0102. The Morgan fingerprint density at radius 3 is 2.48 bits per heavy atom. The molecule has 31 heavy (non-hydrogen) atoms. The lowest BCUT2D eigenvalue weighted by atomic mass is 9.94. The van der Waals surface area contributed by atoms with Gasteiger partial charge >= 0.3 is 0 Å². The van der Waals surface area contributed by atoms with Gasteiger partial charge in [0.1, 0.15) is 11.9 Å². The van der Waals surface area contributed by atoms with Crippen LogP contribution in [0.25, 0.3) is 0 Å². The summed E-state index contributed by atoms with van der Waals surface area (Å²) in [5.41, 5.74) is 0.691. The highest BCUT2D eigenvalue weighted by Gasteiger charge is 2.33. The summed E-state index contributed by atoms with van der Waals surface area (Å²) >= 11 is 5.93. The van der Waals surface area contributed by atoms with E-state index in [2.05, 4.69) is 12.2 Å². The molecule has 1 aliphatic rings. The van der Waals surface area contributed by atoms with Gasteiger partial charge in [-0.1, -0.05) is 38.7 Å². The van der Waals surface area contributed by atoms with Gasteiger partial charge in [-0.2, -0.15) is 0 Å². The number of ether oxygens (including phenoxy) is 2. The second kappa shape index (κ2) is 12.8. The van der Waals surface area contributed by atoms with Crippen LogP contribution in [0.3, 0.4) is 0 Å². The molecule has 0 aromatic heterocycles. The Morgan fingerprint density at radius 1 is 1.19 bits per heavy atom. The second-order valence-corrected chi connectivity index (χ2v) is 8.66. The molecule has 1 N–H and O–H groups in total. The fourth-order valence-electron chi connectivity index (χ4n) is 4.01. The van der Waals surface area contributed by atoms with Gasteiger partial charge in [-0.15, -0.1) is 11.6 Å². The lowest BCUT2D eigenvalue weighted by Gasteiger charge is -2.33. The summed E-state index contributed by atoms with van der Waals surface area (Å²) in [5, 5.41) is 3.19. The number of hydrogen-bond acceptors (Lipinski definition) is 4. The Hall–Kier alpha value is -1.95. The van der Waals surface area contributed by atoms with Crippen molar-refractivity contribution in [1.29, 1.82) is 0 Å². The SMILES string of the molecule is CCCCN(C(=O)CCl)C(C(=O)NC1CCCCC1)c1ccc(OC(C)C)c(OC)c1. The number of nitrogens with one attached hydrogen (secondary N) is 1. The highest BCUT2D eigenvalue weighted by Crippen LogP contribution is 2.34. The lowest BCUT2D eigenvalue weighted by Crippen LogP contribution is -2.47. The molecular formula is C24H37ClN2O4. The molecule has 1 fully saturated rings. The molecule has 174 valence electrons. The van der Waals surface area contributed by atoms with Gasteiger partial charge in [0.05, 0.1) is 13.2 Å². The summed E-state index contributed by atoms with van der Waals surface area (Å²) in [6.45, 7) is 6.41. The molecule has 1 aromatic carbocycles. The zero-order valence-electron chi connectivity index (χ0n) is 19.3. The van der Waals surface area contributed by atoms with Crippen molar-refractivity contribution in [3.8, 4) is 11.5 Å². The number of amides is 2. The smallest absolute Gasteiger partial charge is 0.247 e. The topological polar surface area (TPSA) is 67.9 Å². The summed E-state index contributed by atoms with van der Waals surface area (Å²) in [4.78, 5) is 27.8. The van der Waals surface area contributed by atoms with E-state index in [4.69, 9.17) is 21.1 Å². The molecule has 1 saturated carbocycles. The molecule has 0 bridgehead atoms. The summed E-state index contributed by atoms with van der Waals surface area (Å²) in [7, 11) is 1.57. The average Bonchev–Trinajstić information content (AvgIpc) is 2.76. The summed E-state index contributed by atoms with van der Waals surface area (Å²) < 4.78 is 11.3. The van der Waals surface area contributed by atoms with E-state index in [1.54, 1.807) is 24.1 Å². The third-order valence-electron chi connectivity index (χ3n) is 5.56. The van der Waals surface area contributed by atoms with Crippen LogP contribution in [0.2, 0.25) is 0 Å². The number of halogens is 1. The molecule has 0 heterocycles. The first-order chi connectivity index (χ1) is 14.9. The maximum Gasteiger partial charge on any atom is 0.247 e. The molecule has 6 nitrogen and oxygen atoms in total. The van der Waals surface area contributed by atoms with Crippen LogP contribution in [-0.4, -0.2) is 48.4 Å². The third kappa shape index (κ3) is 7.30. The lowest BCUT2D eigenvalue weighted by molar-refractivity contribution is -0.139. The maximum atomic E-state index is 13.5. The zero-order chi connectivity index (χ0) is 22.8. The van der Waals surface area contributed by atoms with Crippen LogP contribution < -0.4 is 14.8 Å². The molecule has 1 aromatic rings. The Balaban J connectivity index is 2.41. The maximum absolute atomic E-state index is 13.5. The largest absolute Gasteiger partial charge is 0.493 e. The van der Waals surface area contributed by atoms with Crippen molar-refractivity contribution in [3.63, 3.8) is 0 Å². The molecule has 2 amide bonds. The van der Waals surface area contributed by atoms with Crippen LogP contribution in [0.15, 0.2) is 18.2 Å². The monoisotopic (exact) mass is 452 g/mol. The predicted octanol–water partition coefficient (Wildman–Crippen LogP) is 4.84. The molecule has 1 aliphatic carbocycles. The minimum Gasteiger partial charge on any atom is -0.493 e. The standard InChI is InChI=1S/C24H37ClN2O4/c1-5-6-14-27(22(28)16-25)23(24(29)26-19-10-8-7-9-11-19)18-12-13-20(31-17(2)3)21(15-18)30-4/h12-13,15,17,19,23H,5-11,14,16H2,1-4H3,(H,26,29). The fourth-order valence-corrected chi connectivity index (χ4v) is 4.16. The van der Waals surface area contributed by atoms with Gasteiger partial charge in [0, 0.05) is 12.6 Å². The third-order valence-corrected chi connectivity index (χ3v) is 5.79. The van der Waals surface area contributed by atoms with E-state index in [0.717, 1.165) is 38.5 Å². The van der Waals surface area contributed by atoms with Crippen LogP contribution in [0.4, 0.5) is 0 Å². The molecule has 0 spiro atoms. The van der Waals surface area contributed by atoms with E-state index in [9.17, 15) is 9.59 Å². The normalized spacial score (nSPS) is 15.4. The van der Waals surface area contributed by atoms with Gasteiger partial charge in [-0.25, -0.2) is 0 Å². The van der Waals surface area contributed by atoms with E-state index in [0.29, 0.717) is 23.6 Å². The van der Waals surface area contributed by atoms with Crippen LogP contribution in [0.1, 0.15) is 77.3 Å². The van der Waals surface area contributed by atoms with E-state index in [-0.39, 0.29) is 29.8 Å². The van der Waals surface area contributed by atoms with Crippen molar-refractivity contribution in [3.05, 3.63) is 23.8 Å². The van der Waals surface area contributed by atoms with Gasteiger partial charge in [-0.3, -0.25) is 9.59 Å². The minimum atomic E-state index is -0.762. The first kappa shape index (κ1) is 25.3. The molecule has 1 unspecified atom stereocenters. The quantitative estimate of drug-likeness (QED) is 0.488. The van der Waals surface area contributed by atoms with Gasteiger partial charge in [0.2, 0.25) is 11.8 Å². The van der Waals surface area contributed by atoms with Crippen LogP contribution in [0, 0.1) is 0 Å². The van der Waals surface area contributed by atoms with Gasteiger partial charge < -0.3 is 19.7 Å². The number of hydrogen-bond donors (Lipinski definition) is 1. The number of nitrogens with zero attached hydrogens (tertiary/aromatic N) is 1. The zero-order valence-corrected chi connectivity index (χ0v) is 20.0. The molecule has 2 rings (SSSR count). The van der Waals surface area contributed by atoms with Gasteiger partial charge in [0.25, 0.3) is 0 Å². The number of rotatable bonds is 11. The Kier molecular flexibility index (Phi) is 10.4. The molecule has 0 saturated heterocycles. The number of methoxy groups -OCH3 is 1. The first-order valence-corrected chi connectivity index (χ1v) is 11.9. The fraction of sp³-hybridized carbons (Fsp3) is 0.667. The van der Waals surface area contributed by atoms with E-state index >= 15 is 0 Å². The first-order valence-electron chi connectivity index (χ1n) is 11.4. The summed E-state index contributed by atoms with van der Waals surface area (Å²) in [6.07, 6.45) is 7.08. The molecular weight excluding hydrogens is 416 g/mol. The number of unbranched alkanes of at least 4 members (excludes halogenated alkanes) is 1. The summed E-state index contributed by atoms with van der Waals surface area (Å²) in [6, 6.07) is 4.82. The number of carbonyl (C=O) groups is 2. The predicted molar refractivity (Wildman–Crippen MR) is 124 cm³/mol. The Labute approximate surface area is 191 Å². The van der Waals surface area contributed by atoms with Crippen LogP contribution in [0.5, 0.6) is 11.5 Å². The molecule has 7 heteroatoms. The van der Waals surface area contributed by atoms with Gasteiger partial charge in [0.15, 0.2) is 11.5 Å². The number of alkyl halides is 1. The molecule has 0 radical (unpaired) electrons. The van der Waals surface area contributed by atoms with Crippen molar-refractivity contribution < 1.29 is 19.1 Å². The van der Waals surface area contributed by atoms with Gasteiger partial charge in [-0.05, 0) is 50.8 Å². The van der Waals surface area contributed by atoms with E-state index < -0.39 is 6.04 Å². The van der Waals surface area contributed by atoms with E-state index in [1.165, 1.54) is 6.42 Å². The van der Waals surface area contributed by atoms with Crippen LogP contribution in [-0.2, 0) is 9.59 Å². The molecule has 0 aliphatic heterocycles. The van der Waals surface area contributed by atoms with Crippen molar-refractivity contribution in [1.82, 2.24) is 10.2 Å². The molecule has 1 atom stereocenters. The van der Waals surface area contributed by atoms with Crippen molar-refractivity contribution >= 4 is 23.4 Å². The van der Waals surface area contributed by atoms with Crippen molar-refractivity contribution in [2.45, 2.75) is 83.9 Å². The number of benzene rings is 1. The highest BCUT2D eigenvalue weighted by molar-refractivity contribution is 6.27. The number of carbonyl (C=O) groups excluding carboxylic acids is 2. The van der Waals surface area contributed by atoms with E-state index in [1.807, 2.05) is 19.9 Å². The van der Waals surface area contributed by atoms with Crippen molar-refractivity contribution in [2.24, 2.45) is 0 Å². The average molecular weight is 453 g/mol. The van der Waals surface area contributed by atoms with Crippen molar-refractivity contribution in [2.75, 3.05) is 19.5 Å².